The molecule has 2 rings (SSSR count). The van der Waals surface area contributed by atoms with Crippen LogP contribution < -0.4 is 16.5 Å². The summed E-state index contributed by atoms with van der Waals surface area (Å²) in [6, 6.07) is 14.7. The van der Waals surface area contributed by atoms with E-state index in [0.717, 1.165) is 18.4 Å². The minimum absolute atomic E-state index is 0.104. The van der Waals surface area contributed by atoms with Crippen molar-refractivity contribution in [1.29, 1.82) is 0 Å². The predicted molar refractivity (Wildman–Crippen MR) is 95.3 cm³/mol. The van der Waals surface area contributed by atoms with Crippen LogP contribution in [0.1, 0.15) is 27.0 Å². The van der Waals surface area contributed by atoms with Crippen LogP contribution in [-0.4, -0.2) is 29.6 Å². The van der Waals surface area contributed by atoms with Gasteiger partial charge in [0, 0.05) is 12.1 Å². The monoisotopic (exact) mass is 341 g/mol. The van der Waals surface area contributed by atoms with Gasteiger partial charge in [0.25, 0.3) is 11.8 Å². The van der Waals surface area contributed by atoms with Crippen molar-refractivity contribution in [2.75, 3.05) is 6.54 Å². The average Bonchev–Trinajstić information content (AvgIpc) is 2.65. The van der Waals surface area contributed by atoms with Gasteiger partial charge in [-0.3, -0.25) is 14.8 Å². The van der Waals surface area contributed by atoms with Crippen LogP contribution in [0.2, 0.25) is 0 Å². The molecule has 2 aromatic rings. The highest BCUT2D eigenvalue weighted by Gasteiger charge is 2.19. The van der Waals surface area contributed by atoms with E-state index in [2.05, 4.69) is 36.5 Å². The Bertz CT molecular complexity index is 712. The van der Waals surface area contributed by atoms with Gasteiger partial charge in [-0.2, -0.15) is 0 Å². The van der Waals surface area contributed by atoms with E-state index in [1.54, 1.807) is 12.1 Å². The summed E-state index contributed by atoms with van der Waals surface area (Å²) >= 11 is 0. The minimum Gasteiger partial charge on any atom is -0.339 e. The number of benzene rings is 2. The largest absolute Gasteiger partial charge is 0.339 e. The molecule has 6 nitrogen and oxygen atoms in total. The summed E-state index contributed by atoms with van der Waals surface area (Å²) < 4.78 is 0. The number of amides is 2. The molecule has 5 N–H and O–H groups in total. The summed E-state index contributed by atoms with van der Waals surface area (Å²) in [4.78, 5) is 23.5. The van der Waals surface area contributed by atoms with Gasteiger partial charge in [-0.15, -0.1) is 0 Å². The lowest BCUT2D eigenvalue weighted by molar-refractivity contribution is -0.130. The SMILES string of the molecule is Cc1ccc(CCc2ccc(C(=O)N[C@@H](CN)C(=O)NO)cc2)cc1. The molecule has 0 aromatic heterocycles. The predicted octanol–water partition coefficient (Wildman–Crippen LogP) is 1.34. The van der Waals surface area contributed by atoms with Crippen molar-refractivity contribution in [3.63, 3.8) is 0 Å². The molecular weight excluding hydrogens is 318 g/mol. The van der Waals surface area contributed by atoms with E-state index in [0.29, 0.717) is 5.56 Å². The van der Waals surface area contributed by atoms with Gasteiger partial charge in [-0.1, -0.05) is 42.0 Å². The molecule has 0 bridgehead atoms. The topological polar surface area (TPSA) is 104 Å². The molecule has 0 unspecified atom stereocenters. The summed E-state index contributed by atoms with van der Waals surface area (Å²) in [5, 5.41) is 11.1. The molecule has 0 saturated heterocycles. The zero-order valence-electron chi connectivity index (χ0n) is 14.2. The Labute approximate surface area is 147 Å². The first-order valence-electron chi connectivity index (χ1n) is 8.13. The Kier molecular flexibility index (Phi) is 6.68. The van der Waals surface area contributed by atoms with Crippen LogP contribution in [0.3, 0.4) is 0 Å². The van der Waals surface area contributed by atoms with Crippen LogP contribution >= 0.6 is 0 Å². The molecule has 2 aromatic carbocycles. The number of nitrogens with one attached hydrogen (secondary N) is 2. The molecule has 0 saturated carbocycles. The molecule has 0 aliphatic carbocycles. The molecule has 25 heavy (non-hydrogen) atoms. The standard InChI is InChI=1S/C19H23N3O3/c1-13-2-4-14(5-3-13)6-7-15-8-10-16(11-9-15)18(23)21-17(12-20)19(24)22-25/h2-5,8-11,17,25H,6-7,12,20H2,1H3,(H,21,23)(H,22,24)/t17-/m0/s1. The number of nitrogens with two attached hydrogens (primary N) is 1. The fourth-order valence-electron chi connectivity index (χ4n) is 2.42. The Morgan fingerprint density at radius 1 is 1.00 bits per heavy atom. The van der Waals surface area contributed by atoms with E-state index >= 15 is 0 Å². The number of hydrogen-bond acceptors (Lipinski definition) is 4. The highest BCUT2D eigenvalue weighted by molar-refractivity contribution is 5.97. The smallest absolute Gasteiger partial charge is 0.267 e. The van der Waals surface area contributed by atoms with Crippen molar-refractivity contribution < 1.29 is 14.8 Å². The van der Waals surface area contributed by atoms with Gasteiger partial charge < -0.3 is 11.1 Å². The molecule has 6 heteroatoms. The lowest BCUT2D eigenvalue weighted by atomic mass is 10.0. The third-order valence-corrected chi connectivity index (χ3v) is 4.01. The molecule has 0 spiro atoms. The van der Waals surface area contributed by atoms with Crippen LogP contribution in [0.5, 0.6) is 0 Å². The number of rotatable bonds is 7. The maximum Gasteiger partial charge on any atom is 0.267 e. The number of hydrogen-bond donors (Lipinski definition) is 4. The lowest BCUT2D eigenvalue weighted by Crippen LogP contribution is -2.50. The van der Waals surface area contributed by atoms with Crippen molar-refractivity contribution in [2.45, 2.75) is 25.8 Å². The van der Waals surface area contributed by atoms with Crippen LogP contribution in [0.4, 0.5) is 0 Å². The molecule has 1 atom stereocenters. The van der Waals surface area contributed by atoms with Crippen molar-refractivity contribution in [2.24, 2.45) is 5.73 Å². The quantitative estimate of drug-likeness (QED) is 0.450. The number of carbonyl (C=O) groups excluding carboxylic acids is 2. The molecule has 0 aliphatic rings. The average molecular weight is 341 g/mol. The molecule has 0 heterocycles. The molecule has 2 amide bonds. The third-order valence-electron chi connectivity index (χ3n) is 4.01. The first kappa shape index (κ1) is 18.6. The third kappa shape index (κ3) is 5.41. The molecule has 132 valence electrons. The molecule has 0 fully saturated rings. The van der Waals surface area contributed by atoms with E-state index < -0.39 is 17.9 Å². The first-order valence-corrected chi connectivity index (χ1v) is 8.13. The van der Waals surface area contributed by atoms with Crippen LogP contribution in [0.15, 0.2) is 48.5 Å². The Morgan fingerprint density at radius 2 is 1.52 bits per heavy atom. The lowest BCUT2D eigenvalue weighted by Gasteiger charge is -2.14. The molecule has 0 radical (unpaired) electrons. The number of aryl methyl sites for hydroxylation is 3. The highest BCUT2D eigenvalue weighted by atomic mass is 16.5. The van der Waals surface area contributed by atoms with Gasteiger partial charge in [0.1, 0.15) is 6.04 Å². The second kappa shape index (κ2) is 8.96. The first-order chi connectivity index (χ1) is 12.0. The molecular formula is C19H23N3O3. The van der Waals surface area contributed by atoms with Gasteiger partial charge in [0.15, 0.2) is 0 Å². The van der Waals surface area contributed by atoms with Crippen molar-refractivity contribution >= 4 is 11.8 Å². The van der Waals surface area contributed by atoms with Crippen LogP contribution in [0, 0.1) is 6.92 Å². The Balaban J connectivity index is 1.93. The van der Waals surface area contributed by atoms with E-state index in [1.807, 2.05) is 12.1 Å². The molecule has 0 aliphatic heterocycles. The number of carbonyl (C=O) groups is 2. The maximum absolute atomic E-state index is 12.1. The van der Waals surface area contributed by atoms with E-state index in [1.165, 1.54) is 16.6 Å². The van der Waals surface area contributed by atoms with Gasteiger partial charge in [0.2, 0.25) is 0 Å². The summed E-state index contributed by atoms with van der Waals surface area (Å²) in [6.07, 6.45) is 1.81. The minimum atomic E-state index is -0.973. The Hall–Kier alpha value is -2.70. The second-order valence-electron chi connectivity index (χ2n) is 5.92. The maximum atomic E-state index is 12.1. The normalized spacial score (nSPS) is 11.6. The summed E-state index contributed by atoms with van der Waals surface area (Å²) in [6.45, 7) is 1.96. The summed E-state index contributed by atoms with van der Waals surface area (Å²) in [7, 11) is 0. The van der Waals surface area contributed by atoms with Gasteiger partial charge in [-0.05, 0) is 43.0 Å². The van der Waals surface area contributed by atoms with E-state index in [-0.39, 0.29) is 6.54 Å². The van der Waals surface area contributed by atoms with Crippen molar-refractivity contribution in [3.8, 4) is 0 Å². The fourth-order valence-corrected chi connectivity index (χ4v) is 2.42. The van der Waals surface area contributed by atoms with Gasteiger partial charge >= 0.3 is 0 Å². The van der Waals surface area contributed by atoms with Crippen molar-refractivity contribution in [1.82, 2.24) is 10.8 Å². The Morgan fingerprint density at radius 3 is 2.00 bits per heavy atom. The van der Waals surface area contributed by atoms with E-state index in [4.69, 9.17) is 10.9 Å². The number of hydroxylamine groups is 1. The second-order valence-corrected chi connectivity index (χ2v) is 5.92. The van der Waals surface area contributed by atoms with Crippen LogP contribution in [-0.2, 0) is 17.6 Å². The van der Waals surface area contributed by atoms with Crippen LogP contribution in [0.25, 0.3) is 0 Å². The highest BCUT2D eigenvalue weighted by Crippen LogP contribution is 2.10. The van der Waals surface area contributed by atoms with E-state index in [9.17, 15) is 9.59 Å². The van der Waals surface area contributed by atoms with Gasteiger partial charge in [0.05, 0.1) is 0 Å². The fraction of sp³-hybridized carbons (Fsp3) is 0.263. The van der Waals surface area contributed by atoms with Gasteiger partial charge in [-0.25, -0.2) is 5.48 Å². The zero-order valence-corrected chi connectivity index (χ0v) is 14.2. The summed E-state index contributed by atoms with van der Waals surface area (Å²) in [5.41, 5.74) is 11.0. The summed E-state index contributed by atoms with van der Waals surface area (Å²) in [5.74, 6) is -1.16. The zero-order chi connectivity index (χ0) is 18.2. The van der Waals surface area contributed by atoms with Crippen molar-refractivity contribution in [3.05, 3.63) is 70.8 Å².